The van der Waals surface area contributed by atoms with Crippen molar-refractivity contribution < 1.29 is 0 Å². The monoisotopic (exact) mass is 332 g/mol. The molecule has 2 nitrogen and oxygen atoms in total. The molecule has 0 saturated carbocycles. The molecule has 0 aliphatic carbocycles. The fourth-order valence-corrected chi connectivity index (χ4v) is 4.05. The number of nitrogens with zero attached hydrogens (tertiary/aromatic N) is 1. The summed E-state index contributed by atoms with van der Waals surface area (Å²) in [5.74, 6) is 0. The van der Waals surface area contributed by atoms with Crippen molar-refractivity contribution in [2.45, 2.75) is 6.04 Å². The quantitative estimate of drug-likeness (QED) is 0.770. The van der Waals surface area contributed by atoms with Gasteiger partial charge in [-0.05, 0) is 52.1 Å². The Labute approximate surface area is 124 Å². The van der Waals surface area contributed by atoms with Crippen LogP contribution in [0, 0.1) is 0 Å². The Hall–Kier alpha value is -1.23. The van der Waals surface area contributed by atoms with E-state index in [1.807, 2.05) is 19.3 Å². The summed E-state index contributed by atoms with van der Waals surface area (Å²) in [6.07, 6.45) is 1.83. The minimum Gasteiger partial charge on any atom is -0.309 e. The normalized spacial score (nSPS) is 12.7. The van der Waals surface area contributed by atoms with Crippen molar-refractivity contribution in [2.75, 3.05) is 7.05 Å². The summed E-state index contributed by atoms with van der Waals surface area (Å²) in [6.45, 7) is 0. The van der Waals surface area contributed by atoms with Crippen LogP contribution in [0.25, 0.3) is 10.9 Å². The van der Waals surface area contributed by atoms with Crippen LogP contribution in [0.4, 0.5) is 0 Å². The molecule has 1 atom stereocenters. The van der Waals surface area contributed by atoms with Gasteiger partial charge in [0.2, 0.25) is 0 Å². The topological polar surface area (TPSA) is 24.9 Å². The fourth-order valence-electron chi connectivity index (χ4n) is 2.32. The van der Waals surface area contributed by atoms with Crippen molar-refractivity contribution in [3.05, 3.63) is 62.9 Å². The standard InChI is InChI=1S/C15H13BrN2S/c1-17-14(15-12(16)7-9-19-15)11-4-2-6-13-10(11)5-3-8-18-13/h2-9,14,17H,1H3. The molecule has 0 saturated heterocycles. The number of benzene rings is 1. The Bertz CT molecular complexity index is 703. The first-order valence-electron chi connectivity index (χ1n) is 6.05. The van der Waals surface area contributed by atoms with Gasteiger partial charge in [0.1, 0.15) is 0 Å². The Morgan fingerprint density at radius 1 is 1.21 bits per heavy atom. The molecule has 1 N–H and O–H groups in total. The van der Waals surface area contributed by atoms with E-state index in [4.69, 9.17) is 0 Å². The summed E-state index contributed by atoms with van der Waals surface area (Å²) < 4.78 is 1.15. The molecule has 0 aliphatic heterocycles. The third-order valence-corrected chi connectivity index (χ3v) is 5.12. The Balaban J connectivity index is 2.20. The van der Waals surface area contributed by atoms with Gasteiger partial charge in [-0.25, -0.2) is 0 Å². The van der Waals surface area contributed by atoms with Crippen molar-refractivity contribution in [3.63, 3.8) is 0 Å². The number of pyridine rings is 1. The molecule has 3 aromatic rings. The zero-order valence-electron chi connectivity index (χ0n) is 10.4. The van der Waals surface area contributed by atoms with Crippen LogP contribution in [0.3, 0.4) is 0 Å². The zero-order chi connectivity index (χ0) is 13.2. The summed E-state index contributed by atoms with van der Waals surface area (Å²) in [5.41, 5.74) is 2.30. The van der Waals surface area contributed by atoms with Gasteiger partial charge in [-0.15, -0.1) is 11.3 Å². The molecule has 0 amide bonds. The lowest BCUT2D eigenvalue weighted by molar-refractivity contribution is 0.706. The molecular weight excluding hydrogens is 320 g/mol. The third kappa shape index (κ3) is 2.31. The second-order valence-electron chi connectivity index (χ2n) is 4.27. The molecule has 0 spiro atoms. The molecule has 1 unspecified atom stereocenters. The molecule has 3 rings (SSSR count). The Morgan fingerprint density at radius 2 is 2.11 bits per heavy atom. The number of rotatable bonds is 3. The first kappa shape index (κ1) is 12.8. The highest BCUT2D eigenvalue weighted by Crippen LogP contribution is 2.35. The van der Waals surface area contributed by atoms with Crippen molar-refractivity contribution in [1.82, 2.24) is 10.3 Å². The molecule has 2 heterocycles. The first-order valence-corrected chi connectivity index (χ1v) is 7.72. The van der Waals surface area contributed by atoms with E-state index in [9.17, 15) is 0 Å². The van der Waals surface area contributed by atoms with E-state index < -0.39 is 0 Å². The largest absolute Gasteiger partial charge is 0.309 e. The summed E-state index contributed by atoms with van der Waals surface area (Å²) in [4.78, 5) is 5.72. The number of aromatic nitrogens is 1. The van der Waals surface area contributed by atoms with Gasteiger partial charge < -0.3 is 5.32 Å². The second-order valence-corrected chi connectivity index (χ2v) is 6.07. The summed E-state index contributed by atoms with van der Waals surface area (Å²) in [6, 6.07) is 12.7. The van der Waals surface area contributed by atoms with Gasteiger partial charge in [-0.1, -0.05) is 18.2 Å². The van der Waals surface area contributed by atoms with Crippen LogP contribution in [0.2, 0.25) is 0 Å². The van der Waals surface area contributed by atoms with E-state index in [2.05, 4.69) is 61.9 Å². The highest BCUT2D eigenvalue weighted by Gasteiger charge is 2.18. The van der Waals surface area contributed by atoms with E-state index in [0.717, 1.165) is 9.99 Å². The predicted molar refractivity (Wildman–Crippen MR) is 84.7 cm³/mol. The average Bonchev–Trinajstić information content (AvgIpc) is 2.86. The maximum atomic E-state index is 4.43. The molecule has 0 radical (unpaired) electrons. The number of halogens is 1. The van der Waals surface area contributed by atoms with Crippen LogP contribution in [0.15, 0.2) is 52.4 Å². The van der Waals surface area contributed by atoms with Crippen LogP contribution in [0.1, 0.15) is 16.5 Å². The van der Waals surface area contributed by atoms with Gasteiger partial charge in [0.15, 0.2) is 0 Å². The second kappa shape index (κ2) is 5.41. The molecule has 96 valence electrons. The molecule has 1 aromatic carbocycles. The van der Waals surface area contributed by atoms with Crippen LogP contribution >= 0.6 is 27.3 Å². The number of hydrogen-bond donors (Lipinski definition) is 1. The average molecular weight is 333 g/mol. The van der Waals surface area contributed by atoms with Crippen LogP contribution < -0.4 is 5.32 Å². The van der Waals surface area contributed by atoms with E-state index in [0.29, 0.717) is 0 Å². The Kier molecular flexibility index (Phi) is 3.64. The molecule has 0 bridgehead atoms. The van der Waals surface area contributed by atoms with Gasteiger partial charge in [-0.3, -0.25) is 4.98 Å². The van der Waals surface area contributed by atoms with Gasteiger partial charge in [0.25, 0.3) is 0 Å². The van der Waals surface area contributed by atoms with Crippen molar-refractivity contribution >= 4 is 38.2 Å². The van der Waals surface area contributed by atoms with Crippen molar-refractivity contribution in [1.29, 1.82) is 0 Å². The Morgan fingerprint density at radius 3 is 2.84 bits per heavy atom. The van der Waals surface area contributed by atoms with Gasteiger partial charge in [-0.2, -0.15) is 0 Å². The maximum Gasteiger partial charge on any atom is 0.0705 e. The molecule has 19 heavy (non-hydrogen) atoms. The molecule has 0 aliphatic rings. The lowest BCUT2D eigenvalue weighted by Crippen LogP contribution is -2.17. The van der Waals surface area contributed by atoms with E-state index in [1.54, 1.807) is 11.3 Å². The minimum atomic E-state index is 0.183. The van der Waals surface area contributed by atoms with Gasteiger partial charge >= 0.3 is 0 Å². The lowest BCUT2D eigenvalue weighted by atomic mass is 10.0. The number of nitrogens with one attached hydrogen (secondary N) is 1. The maximum absolute atomic E-state index is 4.43. The number of fused-ring (bicyclic) bond motifs is 1. The van der Waals surface area contributed by atoms with E-state index in [1.165, 1.54) is 15.8 Å². The third-order valence-electron chi connectivity index (χ3n) is 3.19. The van der Waals surface area contributed by atoms with Crippen LogP contribution in [-0.4, -0.2) is 12.0 Å². The van der Waals surface area contributed by atoms with Gasteiger partial charge in [0, 0.05) is 20.9 Å². The summed E-state index contributed by atoms with van der Waals surface area (Å²) in [7, 11) is 1.99. The van der Waals surface area contributed by atoms with Crippen molar-refractivity contribution in [3.8, 4) is 0 Å². The SMILES string of the molecule is CNC(c1sccc1Br)c1cccc2ncccc12. The number of hydrogen-bond acceptors (Lipinski definition) is 3. The minimum absolute atomic E-state index is 0.183. The summed E-state index contributed by atoms with van der Waals surface area (Å²) >= 11 is 5.38. The molecule has 2 aromatic heterocycles. The van der Waals surface area contributed by atoms with E-state index in [-0.39, 0.29) is 6.04 Å². The highest BCUT2D eigenvalue weighted by atomic mass is 79.9. The zero-order valence-corrected chi connectivity index (χ0v) is 12.8. The van der Waals surface area contributed by atoms with Gasteiger partial charge in [0.05, 0.1) is 11.6 Å². The van der Waals surface area contributed by atoms with Crippen LogP contribution in [-0.2, 0) is 0 Å². The smallest absolute Gasteiger partial charge is 0.0705 e. The predicted octanol–water partition coefficient (Wildman–Crippen LogP) is 4.37. The first-order chi connectivity index (χ1) is 9.31. The fraction of sp³-hybridized carbons (Fsp3) is 0.133. The molecular formula is C15H13BrN2S. The lowest BCUT2D eigenvalue weighted by Gasteiger charge is -2.18. The van der Waals surface area contributed by atoms with Crippen molar-refractivity contribution in [2.24, 2.45) is 0 Å². The molecule has 0 fully saturated rings. The highest BCUT2D eigenvalue weighted by molar-refractivity contribution is 9.10. The number of thiophene rings is 1. The van der Waals surface area contributed by atoms with Crippen LogP contribution in [0.5, 0.6) is 0 Å². The summed E-state index contributed by atoms with van der Waals surface area (Å²) in [5, 5.41) is 6.71. The van der Waals surface area contributed by atoms with E-state index >= 15 is 0 Å². The molecule has 4 heteroatoms.